The fraction of sp³-hybridized carbons (Fsp3) is 0.364. The molecule has 0 fully saturated rings. The maximum Gasteiger partial charge on any atom is 0.418 e. The fourth-order valence-corrected chi connectivity index (χ4v) is 1.81. The zero-order chi connectivity index (χ0) is 14.6. The molecular weight excluding hydrogens is 281 g/mol. The molecule has 0 bridgehead atoms. The maximum absolute atomic E-state index is 12.6. The Morgan fingerprint density at radius 2 is 2.05 bits per heavy atom. The third-order valence-electron chi connectivity index (χ3n) is 2.26. The lowest BCUT2D eigenvalue weighted by molar-refractivity contribution is -0.136. The zero-order valence-electron chi connectivity index (χ0n) is 10.1. The molecule has 1 rings (SSSR count). The van der Waals surface area contributed by atoms with Crippen LogP contribution in [0.1, 0.15) is 12.0 Å². The van der Waals surface area contributed by atoms with E-state index in [-0.39, 0.29) is 17.9 Å². The zero-order valence-corrected chi connectivity index (χ0v) is 10.9. The van der Waals surface area contributed by atoms with E-state index in [9.17, 15) is 22.2 Å². The molecule has 1 aromatic rings. The number of halogens is 3. The van der Waals surface area contributed by atoms with Gasteiger partial charge in [-0.3, -0.25) is 9.00 Å². The molecule has 1 amide bonds. The maximum atomic E-state index is 12.6. The van der Waals surface area contributed by atoms with E-state index in [0.29, 0.717) is 0 Å². The molecule has 0 aliphatic rings. The highest BCUT2D eigenvalue weighted by atomic mass is 32.2. The highest BCUT2D eigenvalue weighted by Crippen LogP contribution is 2.35. The van der Waals surface area contributed by atoms with E-state index < -0.39 is 34.1 Å². The van der Waals surface area contributed by atoms with Crippen LogP contribution in [-0.4, -0.2) is 22.1 Å². The largest absolute Gasteiger partial charge is 0.418 e. The highest BCUT2D eigenvalue weighted by molar-refractivity contribution is 7.84. The van der Waals surface area contributed by atoms with Gasteiger partial charge in [0.05, 0.1) is 5.56 Å². The molecule has 19 heavy (non-hydrogen) atoms. The van der Waals surface area contributed by atoms with Crippen LogP contribution in [0.2, 0.25) is 0 Å². The molecule has 0 aromatic heterocycles. The van der Waals surface area contributed by atoms with Crippen LogP contribution in [0, 0.1) is 0 Å². The van der Waals surface area contributed by atoms with Gasteiger partial charge < -0.3 is 11.1 Å². The number of nitrogens with two attached hydrogens (primary N) is 1. The number of alkyl halides is 3. The van der Waals surface area contributed by atoms with Crippen LogP contribution < -0.4 is 11.1 Å². The molecule has 0 radical (unpaired) electrons. The minimum absolute atomic E-state index is 0.00779. The minimum atomic E-state index is -4.57. The normalized spacial score (nSPS) is 13.1. The number of benzene rings is 1. The summed E-state index contributed by atoms with van der Waals surface area (Å²) in [5.74, 6) is -0.333. The molecule has 4 nitrogen and oxygen atoms in total. The van der Waals surface area contributed by atoms with E-state index in [4.69, 9.17) is 5.73 Å². The van der Waals surface area contributed by atoms with Crippen LogP contribution in [0.15, 0.2) is 18.2 Å². The first-order chi connectivity index (χ1) is 8.70. The van der Waals surface area contributed by atoms with Crippen molar-refractivity contribution in [2.45, 2.75) is 12.6 Å². The molecule has 8 heteroatoms. The van der Waals surface area contributed by atoms with Gasteiger partial charge in [0.1, 0.15) is 0 Å². The van der Waals surface area contributed by atoms with Crippen molar-refractivity contribution in [1.82, 2.24) is 0 Å². The molecule has 0 saturated carbocycles. The average molecular weight is 294 g/mol. The van der Waals surface area contributed by atoms with E-state index in [0.717, 1.165) is 12.1 Å². The predicted molar refractivity (Wildman–Crippen MR) is 68.0 cm³/mol. The van der Waals surface area contributed by atoms with E-state index >= 15 is 0 Å². The third kappa shape index (κ3) is 4.90. The second-order valence-electron chi connectivity index (χ2n) is 3.88. The number of carbonyl (C=O) groups excluding carboxylic acids is 1. The summed E-state index contributed by atoms with van der Waals surface area (Å²) in [5.41, 5.74) is 3.84. The summed E-state index contributed by atoms with van der Waals surface area (Å²) in [5, 5.41) is 2.31. The first-order valence-corrected chi connectivity index (χ1v) is 6.99. The minimum Gasteiger partial charge on any atom is -0.398 e. The number of anilines is 2. The van der Waals surface area contributed by atoms with Gasteiger partial charge in [-0.25, -0.2) is 0 Å². The van der Waals surface area contributed by atoms with Gasteiger partial charge in [0, 0.05) is 40.6 Å². The second kappa shape index (κ2) is 6.05. The highest BCUT2D eigenvalue weighted by Gasteiger charge is 2.33. The Hall–Kier alpha value is -1.57. The Morgan fingerprint density at radius 1 is 1.42 bits per heavy atom. The third-order valence-corrected chi connectivity index (χ3v) is 3.04. The molecule has 0 heterocycles. The van der Waals surface area contributed by atoms with E-state index in [1.807, 2.05) is 0 Å². The molecular formula is C11H13F3N2O2S. The number of hydrogen-bond donors (Lipinski definition) is 2. The van der Waals surface area contributed by atoms with Crippen molar-refractivity contribution in [3.63, 3.8) is 0 Å². The van der Waals surface area contributed by atoms with Crippen LogP contribution in [0.3, 0.4) is 0 Å². The van der Waals surface area contributed by atoms with Crippen LogP contribution >= 0.6 is 0 Å². The molecule has 0 spiro atoms. The summed E-state index contributed by atoms with van der Waals surface area (Å²) in [6, 6.07) is 3.14. The van der Waals surface area contributed by atoms with Crippen molar-refractivity contribution in [1.29, 1.82) is 0 Å². The SMILES string of the molecule is CS(=O)CCC(=O)Nc1ccc(N)c(C(F)(F)F)c1. The Labute approximate surface area is 110 Å². The number of amides is 1. The Bertz CT molecular complexity index is 503. The van der Waals surface area contributed by atoms with Crippen molar-refractivity contribution in [3.8, 4) is 0 Å². The van der Waals surface area contributed by atoms with Gasteiger partial charge in [-0.1, -0.05) is 0 Å². The number of hydrogen-bond acceptors (Lipinski definition) is 3. The summed E-state index contributed by atoms with van der Waals surface area (Å²) >= 11 is 0. The Kier molecular flexibility index (Phi) is 4.93. The lowest BCUT2D eigenvalue weighted by Crippen LogP contribution is -2.16. The van der Waals surface area contributed by atoms with Gasteiger partial charge >= 0.3 is 6.18 Å². The van der Waals surface area contributed by atoms with Crippen molar-refractivity contribution in [3.05, 3.63) is 23.8 Å². The topological polar surface area (TPSA) is 72.2 Å². The number of rotatable bonds is 4. The predicted octanol–water partition coefficient (Wildman–Crippen LogP) is 1.99. The number of nitrogen functional groups attached to an aromatic ring is 1. The molecule has 106 valence electrons. The van der Waals surface area contributed by atoms with Crippen molar-refractivity contribution in [2.24, 2.45) is 0 Å². The first-order valence-electron chi connectivity index (χ1n) is 5.26. The quantitative estimate of drug-likeness (QED) is 0.834. The van der Waals surface area contributed by atoms with E-state index in [2.05, 4.69) is 5.32 Å². The molecule has 0 aliphatic carbocycles. The molecule has 0 aliphatic heterocycles. The fourth-order valence-electron chi connectivity index (χ4n) is 1.34. The lowest BCUT2D eigenvalue weighted by atomic mass is 10.1. The van der Waals surface area contributed by atoms with Crippen LogP contribution in [0.5, 0.6) is 0 Å². The molecule has 1 aromatic carbocycles. The van der Waals surface area contributed by atoms with Gasteiger partial charge in [-0.2, -0.15) is 13.2 Å². The number of nitrogens with one attached hydrogen (secondary N) is 1. The molecule has 1 unspecified atom stereocenters. The van der Waals surface area contributed by atoms with Gasteiger partial charge in [-0.05, 0) is 18.2 Å². The van der Waals surface area contributed by atoms with Gasteiger partial charge in [0.25, 0.3) is 0 Å². The summed E-state index contributed by atoms with van der Waals surface area (Å²) in [6.07, 6.45) is -3.15. The summed E-state index contributed by atoms with van der Waals surface area (Å²) in [7, 11) is -1.13. The van der Waals surface area contributed by atoms with Crippen molar-refractivity contribution < 1.29 is 22.2 Å². The molecule has 0 saturated heterocycles. The first kappa shape index (κ1) is 15.5. The average Bonchev–Trinajstić information content (AvgIpc) is 2.27. The molecule has 1 atom stereocenters. The van der Waals surface area contributed by atoms with E-state index in [1.165, 1.54) is 12.3 Å². The lowest BCUT2D eigenvalue weighted by Gasteiger charge is -2.12. The summed E-state index contributed by atoms with van der Waals surface area (Å²) in [6.45, 7) is 0. The van der Waals surface area contributed by atoms with Crippen LogP contribution in [0.25, 0.3) is 0 Å². The Morgan fingerprint density at radius 3 is 2.58 bits per heavy atom. The number of carbonyl (C=O) groups is 1. The van der Waals surface area contributed by atoms with Crippen LogP contribution in [0.4, 0.5) is 24.5 Å². The van der Waals surface area contributed by atoms with Crippen molar-refractivity contribution >= 4 is 28.1 Å². The summed E-state index contributed by atoms with van der Waals surface area (Å²) < 4.78 is 48.6. The van der Waals surface area contributed by atoms with Gasteiger partial charge in [-0.15, -0.1) is 0 Å². The van der Waals surface area contributed by atoms with Crippen LogP contribution in [-0.2, 0) is 21.8 Å². The Balaban J connectivity index is 2.80. The summed E-state index contributed by atoms with van der Waals surface area (Å²) in [4.78, 5) is 11.4. The van der Waals surface area contributed by atoms with Gasteiger partial charge in [0.2, 0.25) is 5.91 Å². The molecule has 3 N–H and O–H groups in total. The monoisotopic (exact) mass is 294 g/mol. The van der Waals surface area contributed by atoms with Crippen molar-refractivity contribution in [2.75, 3.05) is 23.1 Å². The smallest absolute Gasteiger partial charge is 0.398 e. The van der Waals surface area contributed by atoms with E-state index in [1.54, 1.807) is 0 Å². The second-order valence-corrected chi connectivity index (χ2v) is 5.43. The standard InChI is InChI=1S/C11H13F3N2O2S/c1-19(18)5-4-10(17)16-7-2-3-9(15)8(6-7)11(12,13)14/h2-3,6H,4-5,15H2,1H3,(H,16,17). The van der Waals surface area contributed by atoms with Gasteiger partial charge in [0.15, 0.2) is 0 Å².